The van der Waals surface area contributed by atoms with E-state index in [1.165, 1.54) is 11.1 Å². The number of hydrogen-bond donors (Lipinski definition) is 2. The van der Waals surface area contributed by atoms with Crippen LogP contribution in [0.1, 0.15) is 11.1 Å². The van der Waals surface area contributed by atoms with E-state index in [2.05, 4.69) is 46.8 Å². The molecule has 5 heteroatoms. The molecule has 0 aliphatic carbocycles. The Bertz CT molecular complexity index is 671. The van der Waals surface area contributed by atoms with Crippen LogP contribution >= 0.6 is 0 Å². The highest BCUT2D eigenvalue weighted by atomic mass is 16.5. The number of ether oxygens (including phenoxy) is 2. The normalized spacial score (nSPS) is 11.0. The second kappa shape index (κ2) is 9.45. The van der Waals surface area contributed by atoms with Crippen molar-refractivity contribution in [2.24, 2.45) is 4.99 Å². The standard InChI is InChI=1S/C19H25N3O2/c1-15-6-4-7-16(12-15)14-22-19(20-2)21-10-11-24-18-9-5-8-17(13-18)23-3/h4-9,12-13H,10-11,14H2,1-3H3,(H2,20,21,22). The third kappa shape index (κ3) is 5.83. The van der Waals surface area contributed by atoms with Gasteiger partial charge in [0, 0.05) is 19.7 Å². The van der Waals surface area contributed by atoms with Crippen molar-refractivity contribution in [2.75, 3.05) is 27.3 Å². The van der Waals surface area contributed by atoms with Gasteiger partial charge in [0.15, 0.2) is 5.96 Å². The summed E-state index contributed by atoms with van der Waals surface area (Å²) in [6, 6.07) is 16.0. The third-order valence-electron chi connectivity index (χ3n) is 3.47. The van der Waals surface area contributed by atoms with E-state index < -0.39 is 0 Å². The second-order valence-corrected chi connectivity index (χ2v) is 5.37. The van der Waals surface area contributed by atoms with Crippen LogP contribution in [0.5, 0.6) is 11.5 Å². The van der Waals surface area contributed by atoms with Crippen molar-refractivity contribution in [1.82, 2.24) is 10.6 Å². The molecule has 0 amide bonds. The summed E-state index contributed by atoms with van der Waals surface area (Å²) in [5, 5.41) is 6.53. The Morgan fingerprint density at radius 2 is 1.83 bits per heavy atom. The van der Waals surface area contributed by atoms with Crippen molar-refractivity contribution >= 4 is 5.96 Å². The molecule has 2 N–H and O–H groups in total. The predicted molar refractivity (Wildman–Crippen MR) is 97.9 cm³/mol. The molecular weight excluding hydrogens is 302 g/mol. The fraction of sp³-hybridized carbons (Fsp3) is 0.316. The zero-order valence-electron chi connectivity index (χ0n) is 14.5. The maximum Gasteiger partial charge on any atom is 0.191 e. The molecule has 2 rings (SSSR count). The zero-order valence-corrected chi connectivity index (χ0v) is 14.5. The molecule has 0 bridgehead atoms. The van der Waals surface area contributed by atoms with Gasteiger partial charge in [0.05, 0.1) is 13.7 Å². The summed E-state index contributed by atoms with van der Waals surface area (Å²) < 4.78 is 10.9. The molecule has 0 unspecified atom stereocenters. The summed E-state index contributed by atoms with van der Waals surface area (Å²) in [5.41, 5.74) is 2.48. The van der Waals surface area contributed by atoms with Crippen molar-refractivity contribution in [3.63, 3.8) is 0 Å². The summed E-state index contributed by atoms with van der Waals surface area (Å²) in [7, 11) is 3.40. The van der Waals surface area contributed by atoms with Crippen molar-refractivity contribution in [2.45, 2.75) is 13.5 Å². The van der Waals surface area contributed by atoms with Crippen molar-refractivity contribution in [3.8, 4) is 11.5 Å². The average molecular weight is 327 g/mol. The van der Waals surface area contributed by atoms with Gasteiger partial charge in [-0.05, 0) is 24.6 Å². The molecule has 2 aromatic carbocycles. The molecule has 0 aliphatic heterocycles. The first-order valence-corrected chi connectivity index (χ1v) is 7.98. The van der Waals surface area contributed by atoms with Crippen LogP contribution in [0.2, 0.25) is 0 Å². The van der Waals surface area contributed by atoms with Gasteiger partial charge < -0.3 is 20.1 Å². The van der Waals surface area contributed by atoms with E-state index in [1.54, 1.807) is 14.2 Å². The van der Waals surface area contributed by atoms with Gasteiger partial charge in [-0.2, -0.15) is 0 Å². The molecule has 0 aliphatic rings. The quantitative estimate of drug-likeness (QED) is 0.466. The lowest BCUT2D eigenvalue weighted by Crippen LogP contribution is -2.38. The molecule has 0 spiro atoms. The van der Waals surface area contributed by atoms with Gasteiger partial charge in [-0.1, -0.05) is 35.9 Å². The van der Waals surface area contributed by atoms with E-state index in [-0.39, 0.29) is 0 Å². The number of benzene rings is 2. The molecule has 0 heterocycles. The van der Waals surface area contributed by atoms with Crippen LogP contribution in [-0.2, 0) is 6.54 Å². The van der Waals surface area contributed by atoms with Crippen LogP contribution in [-0.4, -0.2) is 33.3 Å². The van der Waals surface area contributed by atoms with Crippen LogP contribution in [0.25, 0.3) is 0 Å². The highest BCUT2D eigenvalue weighted by Crippen LogP contribution is 2.18. The Morgan fingerprint density at radius 1 is 1.04 bits per heavy atom. The predicted octanol–water partition coefficient (Wildman–Crippen LogP) is 2.75. The van der Waals surface area contributed by atoms with E-state index in [0.29, 0.717) is 13.2 Å². The number of nitrogens with zero attached hydrogens (tertiary/aromatic N) is 1. The molecule has 2 aromatic rings. The number of methoxy groups -OCH3 is 1. The number of rotatable bonds is 7. The lowest BCUT2D eigenvalue weighted by Gasteiger charge is -2.13. The van der Waals surface area contributed by atoms with Crippen LogP contribution < -0.4 is 20.1 Å². The third-order valence-corrected chi connectivity index (χ3v) is 3.47. The Hall–Kier alpha value is -2.69. The van der Waals surface area contributed by atoms with Gasteiger partial charge in [-0.25, -0.2) is 0 Å². The van der Waals surface area contributed by atoms with E-state index >= 15 is 0 Å². The highest BCUT2D eigenvalue weighted by Gasteiger charge is 2.00. The van der Waals surface area contributed by atoms with Crippen molar-refractivity contribution in [1.29, 1.82) is 0 Å². The molecular formula is C19H25N3O2. The van der Waals surface area contributed by atoms with E-state index in [9.17, 15) is 0 Å². The number of aliphatic imine (C=N–C) groups is 1. The Balaban J connectivity index is 1.71. The highest BCUT2D eigenvalue weighted by molar-refractivity contribution is 5.79. The van der Waals surface area contributed by atoms with Gasteiger partial charge in [0.1, 0.15) is 18.1 Å². The maximum absolute atomic E-state index is 5.70. The first-order chi connectivity index (χ1) is 11.7. The van der Waals surface area contributed by atoms with Gasteiger partial charge in [-0.3, -0.25) is 4.99 Å². The molecule has 128 valence electrons. The summed E-state index contributed by atoms with van der Waals surface area (Å²) in [6.07, 6.45) is 0. The minimum absolute atomic E-state index is 0.540. The summed E-state index contributed by atoms with van der Waals surface area (Å²) >= 11 is 0. The summed E-state index contributed by atoms with van der Waals surface area (Å²) in [5.74, 6) is 2.33. The molecule has 0 atom stereocenters. The lowest BCUT2D eigenvalue weighted by molar-refractivity contribution is 0.319. The Kier molecular flexibility index (Phi) is 6.95. The van der Waals surface area contributed by atoms with Crippen molar-refractivity contribution in [3.05, 3.63) is 59.7 Å². The minimum Gasteiger partial charge on any atom is -0.497 e. The Morgan fingerprint density at radius 3 is 2.58 bits per heavy atom. The number of nitrogens with one attached hydrogen (secondary N) is 2. The second-order valence-electron chi connectivity index (χ2n) is 5.37. The van der Waals surface area contributed by atoms with E-state index in [4.69, 9.17) is 9.47 Å². The molecule has 0 saturated heterocycles. The molecule has 0 aromatic heterocycles. The first kappa shape index (κ1) is 17.7. The topological polar surface area (TPSA) is 54.9 Å². The number of aryl methyl sites for hydroxylation is 1. The van der Waals surface area contributed by atoms with Crippen LogP contribution in [0, 0.1) is 6.92 Å². The zero-order chi connectivity index (χ0) is 17.2. The largest absolute Gasteiger partial charge is 0.497 e. The lowest BCUT2D eigenvalue weighted by atomic mass is 10.1. The van der Waals surface area contributed by atoms with Gasteiger partial charge in [-0.15, -0.1) is 0 Å². The maximum atomic E-state index is 5.70. The van der Waals surface area contributed by atoms with Crippen LogP contribution in [0.4, 0.5) is 0 Å². The molecule has 0 saturated carbocycles. The van der Waals surface area contributed by atoms with Gasteiger partial charge >= 0.3 is 0 Å². The van der Waals surface area contributed by atoms with Crippen LogP contribution in [0.15, 0.2) is 53.5 Å². The minimum atomic E-state index is 0.540. The SMILES string of the molecule is CN=C(NCCOc1cccc(OC)c1)NCc1cccc(C)c1. The number of hydrogen-bond acceptors (Lipinski definition) is 3. The first-order valence-electron chi connectivity index (χ1n) is 7.98. The summed E-state index contributed by atoms with van der Waals surface area (Å²) in [6.45, 7) is 4.02. The summed E-state index contributed by atoms with van der Waals surface area (Å²) in [4.78, 5) is 4.22. The molecule has 24 heavy (non-hydrogen) atoms. The monoisotopic (exact) mass is 327 g/mol. The molecule has 5 nitrogen and oxygen atoms in total. The van der Waals surface area contributed by atoms with E-state index in [1.807, 2.05) is 24.3 Å². The van der Waals surface area contributed by atoms with Crippen molar-refractivity contribution < 1.29 is 9.47 Å². The number of guanidine groups is 1. The smallest absolute Gasteiger partial charge is 0.191 e. The van der Waals surface area contributed by atoms with Crippen LogP contribution in [0.3, 0.4) is 0 Å². The molecule has 0 fully saturated rings. The molecule has 0 radical (unpaired) electrons. The average Bonchev–Trinajstić information content (AvgIpc) is 2.61. The fourth-order valence-corrected chi connectivity index (χ4v) is 2.26. The Labute approximate surface area is 143 Å². The van der Waals surface area contributed by atoms with Gasteiger partial charge in [0.25, 0.3) is 0 Å². The fourth-order valence-electron chi connectivity index (χ4n) is 2.26. The van der Waals surface area contributed by atoms with Gasteiger partial charge in [0.2, 0.25) is 0 Å². The van der Waals surface area contributed by atoms with E-state index in [0.717, 1.165) is 24.0 Å².